The van der Waals surface area contributed by atoms with E-state index in [4.69, 9.17) is 0 Å². The van der Waals surface area contributed by atoms with E-state index in [1.54, 1.807) is 0 Å². The Bertz CT molecular complexity index is 32.6. The Hall–Kier alpha value is 0.492. The zero-order chi connectivity index (χ0) is 3.58. The number of halogens is 1. The number of hydrogen-bond acceptors (Lipinski definition) is 1. The normalized spacial score (nSPS) is 5.20. The molecule has 0 aromatic rings. The van der Waals surface area contributed by atoms with Crippen LogP contribution in [0.25, 0.3) is 0 Å². The summed E-state index contributed by atoms with van der Waals surface area (Å²) in [6, 6.07) is 0. The van der Waals surface area contributed by atoms with E-state index in [1.165, 1.54) is 6.92 Å². The Kier molecular flexibility index (Phi) is 8.17. The van der Waals surface area contributed by atoms with E-state index >= 15 is 0 Å². The van der Waals surface area contributed by atoms with Crippen molar-refractivity contribution in [3.8, 4) is 0 Å². The molecule has 0 aromatic carbocycles. The molecule has 0 N–H and O–H groups in total. The van der Waals surface area contributed by atoms with E-state index in [-0.39, 0.29) is 22.6 Å². The molecule has 0 spiro atoms. The van der Waals surface area contributed by atoms with Crippen LogP contribution in [0.1, 0.15) is 6.92 Å². The molecular weight excluding hydrogens is 127 g/mol. The molecule has 0 saturated carbocycles. The summed E-state index contributed by atoms with van der Waals surface area (Å²) in [7, 11) is 0. The predicted molar refractivity (Wildman–Crippen MR) is 16.5 cm³/mol. The molecule has 0 aliphatic heterocycles. The third-order valence-electron chi connectivity index (χ3n) is 0. The van der Waals surface area contributed by atoms with Gasteiger partial charge in [-0.25, -0.2) is 0 Å². The van der Waals surface area contributed by atoms with Crippen molar-refractivity contribution in [2.24, 2.45) is 0 Å². The molecule has 0 aromatic heterocycles. The third-order valence-corrected chi connectivity index (χ3v) is 0. The number of carbonyl (C=O) groups is 1. The van der Waals surface area contributed by atoms with Crippen molar-refractivity contribution < 1.29 is 22.2 Å². The molecule has 0 heterocycles. The molecule has 0 aliphatic carbocycles. The van der Waals surface area contributed by atoms with Crippen LogP contribution in [0.3, 0.4) is 0 Å². The van der Waals surface area contributed by atoms with E-state index < -0.39 is 0 Å². The van der Waals surface area contributed by atoms with Gasteiger partial charge >= 0.3 is 0 Å². The summed E-state index contributed by atoms with van der Waals surface area (Å²) in [5.74, 6) is 0. The summed E-state index contributed by atoms with van der Waals surface area (Å²) >= 11 is 4.64. The summed E-state index contributed by atoms with van der Waals surface area (Å²) in [5.41, 5.74) is 0. The smallest absolute Gasteiger partial charge is 0.218 e. The van der Waals surface area contributed by atoms with Crippen molar-refractivity contribution in [3.63, 3.8) is 0 Å². The van der Waals surface area contributed by atoms with Gasteiger partial charge in [-0.05, 0) is 11.6 Å². The van der Waals surface area contributed by atoms with Gasteiger partial charge in [-0.15, -0.1) is 0 Å². The first kappa shape index (κ1) is 9.09. The average Bonchev–Trinajstić information content (AvgIpc) is 0.811. The molecule has 1 nitrogen and oxygen atoms in total. The Labute approximate surface area is 46.4 Å². The summed E-state index contributed by atoms with van der Waals surface area (Å²) in [4.78, 5) is 9.21. The first-order valence-corrected chi connectivity index (χ1v) is 1.27. The number of rotatable bonds is 0. The molecule has 0 amide bonds. The standard InChI is InChI=1S/C2H3ClO.Cr/c1-2(3)4;/h1H3;. The zero-order valence-electron chi connectivity index (χ0n) is 2.69. The van der Waals surface area contributed by atoms with Crippen molar-refractivity contribution >= 4 is 16.8 Å². The van der Waals surface area contributed by atoms with Crippen LogP contribution in [0.15, 0.2) is 0 Å². The van der Waals surface area contributed by atoms with Gasteiger partial charge in [0, 0.05) is 24.3 Å². The number of carbonyl (C=O) groups excluding carboxylic acids is 1. The fourth-order valence-electron chi connectivity index (χ4n) is 0. The molecule has 0 bridgehead atoms. The van der Waals surface area contributed by atoms with Crippen LogP contribution < -0.4 is 0 Å². The van der Waals surface area contributed by atoms with Crippen molar-refractivity contribution in [3.05, 3.63) is 0 Å². The second-order valence-corrected chi connectivity index (χ2v) is 1.00. The molecule has 0 atom stereocenters. The fraction of sp³-hybridized carbons (Fsp3) is 0.500. The summed E-state index contributed by atoms with van der Waals surface area (Å²) in [5, 5.41) is -0.361. The van der Waals surface area contributed by atoms with Gasteiger partial charge in [-0.1, -0.05) is 0 Å². The summed E-state index contributed by atoms with van der Waals surface area (Å²) < 4.78 is 0. The molecule has 0 aliphatic rings. The van der Waals surface area contributed by atoms with Crippen molar-refractivity contribution in [2.75, 3.05) is 0 Å². The van der Waals surface area contributed by atoms with Gasteiger partial charge in [0.15, 0.2) is 0 Å². The SMILES string of the molecule is CC(=O)Cl.[Cr]. The van der Waals surface area contributed by atoms with Gasteiger partial charge < -0.3 is 0 Å². The van der Waals surface area contributed by atoms with Crippen molar-refractivity contribution in [1.82, 2.24) is 0 Å². The Morgan fingerprint density at radius 2 is 1.80 bits per heavy atom. The molecule has 3 heteroatoms. The maximum Gasteiger partial charge on any atom is 0.218 e. The Balaban J connectivity index is 0. The van der Waals surface area contributed by atoms with E-state index in [0.29, 0.717) is 0 Å². The largest absolute Gasteiger partial charge is 0.282 e. The summed E-state index contributed by atoms with van der Waals surface area (Å²) in [6.07, 6.45) is 0. The topological polar surface area (TPSA) is 17.1 Å². The minimum Gasteiger partial charge on any atom is -0.282 e. The molecular formula is C2H3ClCrO. The fourth-order valence-corrected chi connectivity index (χ4v) is 0. The van der Waals surface area contributed by atoms with E-state index in [1.807, 2.05) is 0 Å². The molecule has 0 unspecified atom stereocenters. The second kappa shape index (κ2) is 4.49. The molecule has 30 valence electrons. The monoisotopic (exact) mass is 130 g/mol. The summed E-state index contributed by atoms with van der Waals surface area (Å²) in [6.45, 7) is 1.29. The van der Waals surface area contributed by atoms with E-state index in [0.717, 1.165) is 0 Å². The van der Waals surface area contributed by atoms with E-state index in [2.05, 4.69) is 11.6 Å². The first-order valence-electron chi connectivity index (χ1n) is 0.893. The van der Waals surface area contributed by atoms with Crippen LogP contribution >= 0.6 is 11.6 Å². The van der Waals surface area contributed by atoms with Gasteiger partial charge in [-0.2, -0.15) is 0 Å². The van der Waals surface area contributed by atoms with Crippen molar-refractivity contribution in [2.45, 2.75) is 6.92 Å². The molecule has 0 fully saturated rings. The van der Waals surface area contributed by atoms with Gasteiger partial charge in [0.1, 0.15) is 0 Å². The van der Waals surface area contributed by atoms with Crippen LogP contribution in [-0.4, -0.2) is 5.24 Å². The van der Waals surface area contributed by atoms with Crippen LogP contribution in [0.2, 0.25) is 0 Å². The molecule has 5 heavy (non-hydrogen) atoms. The minimum atomic E-state index is -0.361. The Morgan fingerprint density at radius 3 is 1.80 bits per heavy atom. The first-order chi connectivity index (χ1) is 1.73. The quantitative estimate of drug-likeness (QED) is 0.443. The molecule has 0 rings (SSSR count). The molecule has 0 saturated heterocycles. The van der Waals surface area contributed by atoms with Gasteiger partial charge in [0.25, 0.3) is 0 Å². The van der Waals surface area contributed by atoms with Crippen LogP contribution in [0.5, 0.6) is 0 Å². The van der Waals surface area contributed by atoms with Crippen LogP contribution in [0, 0.1) is 0 Å². The maximum atomic E-state index is 9.21. The van der Waals surface area contributed by atoms with Crippen LogP contribution in [-0.2, 0) is 22.2 Å². The zero-order valence-corrected chi connectivity index (χ0v) is 4.73. The van der Waals surface area contributed by atoms with Gasteiger partial charge in [-0.3, -0.25) is 4.79 Å². The van der Waals surface area contributed by atoms with Crippen molar-refractivity contribution in [1.29, 1.82) is 0 Å². The average molecular weight is 130 g/mol. The predicted octanol–water partition coefficient (Wildman–Crippen LogP) is 0.769. The Morgan fingerprint density at radius 1 is 1.80 bits per heavy atom. The number of hydrogen-bond donors (Lipinski definition) is 0. The maximum absolute atomic E-state index is 9.21. The van der Waals surface area contributed by atoms with Gasteiger partial charge in [0.05, 0.1) is 0 Å². The third kappa shape index (κ3) is 115. The minimum absolute atomic E-state index is 0. The van der Waals surface area contributed by atoms with E-state index in [9.17, 15) is 4.79 Å². The van der Waals surface area contributed by atoms with Crippen LogP contribution in [0.4, 0.5) is 0 Å². The second-order valence-electron chi connectivity index (χ2n) is 0.470. The molecule has 0 radical (unpaired) electrons. The van der Waals surface area contributed by atoms with Gasteiger partial charge in [0.2, 0.25) is 5.24 Å².